The number of hydrogen-bond acceptors (Lipinski definition) is 6. The molecule has 0 bridgehead atoms. The molecule has 0 radical (unpaired) electrons. The highest BCUT2D eigenvalue weighted by Crippen LogP contribution is 2.52. The number of thioether (sulfide) groups is 4. The molecule has 0 atom stereocenters. The van der Waals surface area contributed by atoms with E-state index in [0.717, 1.165) is 0 Å². The van der Waals surface area contributed by atoms with Crippen molar-refractivity contribution in [3.05, 3.63) is 24.3 Å². The molecule has 1 aliphatic rings. The Morgan fingerprint density at radius 1 is 0.500 bits per heavy atom. The zero-order chi connectivity index (χ0) is 15.7. The molecule has 0 aromatic heterocycles. The van der Waals surface area contributed by atoms with Crippen LogP contribution in [0.5, 0.6) is 0 Å². The zero-order valence-electron chi connectivity index (χ0n) is 12.8. The van der Waals surface area contributed by atoms with E-state index in [2.05, 4.69) is 49.3 Å². The predicted octanol–water partition coefficient (Wildman–Crippen LogP) is 7.19. The van der Waals surface area contributed by atoms with E-state index in [0.29, 0.717) is 0 Å². The Labute approximate surface area is 158 Å². The summed E-state index contributed by atoms with van der Waals surface area (Å²) < 4.78 is 0. The van der Waals surface area contributed by atoms with Crippen LogP contribution in [0.2, 0.25) is 0 Å². The van der Waals surface area contributed by atoms with E-state index in [9.17, 15) is 0 Å². The minimum Gasteiger partial charge on any atom is -0.128 e. The van der Waals surface area contributed by atoms with E-state index in [-0.39, 0.29) is 0 Å². The van der Waals surface area contributed by atoms with Gasteiger partial charge in [0, 0.05) is 39.2 Å². The maximum Gasteiger partial charge on any atom is 0.0274 e. The normalized spacial score (nSPS) is 12.9. The summed E-state index contributed by atoms with van der Waals surface area (Å²) in [7, 11) is 0. The van der Waals surface area contributed by atoms with Crippen LogP contribution in [0.15, 0.2) is 63.4 Å². The van der Waals surface area contributed by atoms with Crippen molar-refractivity contribution in [2.45, 2.75) is 39.2 Å². The number of fused-ring (bicyclic) bond motifs is 2. The third-order valence-electron chi connectivity index (χ3n) is 3.34. The predicted molar refractivity (Wildman–Crippen MR) is 108 cm³/mol. The van der Waals surface area contributed by atoms with Gasteiger partial charge in [-0.25, -0.2) is 0 Å². The van der Waals surface area contributed by atoms with Gasteiger partial charge in [-0.1, -0.05) is 23.5 Å². The fourth-order valence-electron chi connectivity index (χ4n) is 2.24. The molecule has 22 heavy (non-hydrogen) atoms. The van der Waals surface area contributed by atoms with Crippen molar-refractivity contribution in [3.63, 3.8) is 0 Å². The lowest BCUT2D eigenvalue weighted by molar-refractivity contribution is 1.04. The van der Waals surface area contributed by atoms with E-state index in [4.69, 9.17) is 0 Å². The lowest BCUT2D eigenvalue weighted by atomic mass is 10.3. The first-order chi connectivity index (χ1) is 10.7. The number of hydrogen-bond donors (Lipinski definition) is 0. The highest BCUT2D eigenvalue weighted by atomic mass is 32.2. The molecule has 2 aromatic carbocycles. The van der Waals surface area contributed by atoms with Gasteiger partial charge in [-0.3, -0.25) is 0 Å². The fraction of sp³-hybridized carbons (Fsp3) is 0.250. The summed E-state index contributed by atoms with van der Waals surface area (Å²) in [5.41, 5.74) is 0. The van der Waals surface area contributed by atoms with Gasteiger partial charge in [0.05, 0.1) is 0 Å². The third kappa shape index (κ3) is 3.33. The second-order valence-corrected chi connectivity index (χ2v) is 10.1. The highest BCUT2D eigenvalue weighted by Gasteiger charge is 2.21. The van der Waals surface area contributed by atoms with E-state index < -0.39 is 0 Å². The van der Waals surface area contributed by atoms with Crippen LogP contribution in [0, 0.1) is 0 Å². The summed E-state index contributed by atoms with van der Waals surface area (Å²) in [6, 6.07) is 9.42. The largest absolute Gasteiger partial charge is 0.128 e. The number of benzene rings is 2. The van der Waals surface area contributed by atoms with E-state index in [1.165, 1.54) is 39.2 Å². The summed E-state index contributed by atoms with van der Waals surface area (Å²) in [4.78, 5) is 11.1. The first kappa shape index (κ1) is 17.4. The van der Waals surface area contributed by atoms with Crippen LogP contribution >= 0.6 is 70.6 Å². The Morgan fingerprint density at radius 3 is 0.909 bits per heavy atom. The summed E-state index contributed by atoms with van der Waals surface area (Å²) in [6.45, 7) is 0. The average Bonchev–Trinajstić information content (AvgIpc) is 2.57. The number of rotatable bonds is 4. The molecule has 0 saturated carbocycles. The summed E-state index contributed by atoms with van der Waals surface area (Å²) in [5.74, 6) is 0. The molecule has 1 heterocycles. The van der Waals surface area contributed by atoms with E-state index >= 15 is 0 Å². The summed E-state index contributed by atoms with van der Waals surface area (Å²) in [5, 5.41) is 0. The molecule has 0 N–H and O–H groups in total. The van der Waals surface area contributed by atoms with Crippen molar-refractivity contribution in [3.8, 4) is 0 Å². The van der Waals surface area contributed by atoms with Gasteiger partial charge in [0.1, 0.15) is 0 Å². The molecule has 6 heteroatoms. The SMILES string of the molecule is CSc1cc2c(cc1SC)Sc1cc(SC)c(SC)cc1S2. The van der Waals surface area contributed by atoms with Gasteiger partial charge in [0.15, 0.2) is 0 Å². The quantitative estimate of drug-likeness (QED) is 0.422. The minimum atomic E-state index is 1.38. The lowest BCUT2D eigenvalue weighted by Gasteiger charge is -2.22. The van der Waals surface area contributed by atoms with E-state index in [1.807, 2.05) is 70.6 Å². The van der Waals surface area contributed by atoms with Gasteiger partial charge in [-0.15, -0.1) is 47.0 Å². The van der Waals surface area contributed by atoms with Crippen molar-refractivity contribution in [2.75, 3.05) is 25.0 Å². The average molecular weight is 401 g/mol. The molecule has 2 aromatic rings. The minimum absolute atomic E-state index is 1.38. The molecule has 116 valence electrons. The van der Waals surface area contributed by atoms with Gasteiger partial charge in [-0.2, -0.15) is 0 Å². The van der Waals surface area contributed by atoms with Gasteiger partial charge in [0.25, 0.3) is 0 Å². The molecular weight excluding hydrogens is 385 g/mol. The molecular formula is C16H16S6. The Morgan fingerprint density at radius 2 is 0.727 bits per heavy atom. The monoisotopic (exact) mass is 400 g/mol. The third-order valence-corrected chi connectivity index (χ3v) is 9.20. The molecule has 0 aliphatic carbocycles. The summed E-state index contributed by atoms with van der Waals surface area (Å²) >= 11 is 11.2. The fourth-order valence-corrected chi connectivity index (χ4v) is 7.84. The Hall–Kier alpha value is 0.540. The highest BCUT2D eigenvalue weighted by molar-refractivity contribution is 8.05. The van der Waals surface area contributed by atoms with E-state index in [1.54, 1.807) is 0 Å². The Balaban J connectivity index is 2.05. The Kier molecular flexibility index (Phi) is 6.01. The second kappa shape index (κ2) is 7.62. The standard InChI is InChI=1S/C16H16S6/c1-17-9-5-13-14(6-10(9)18-2)22-16-8-12(20-4)11(19-3)7-15(16)21-13/h5-8H,1-4H3. The molecule has 0 saturated heterocycles. The first-order valence-electron chi connectivity index (χ1n) is 6.58. The van der Waals surface area contributed by atoms with Crippen molar-refractivity contribution in [1.29, 1.82) is 0 Å². The van der Waals surface area contributed by atoms with Crippen LogP contribution in [0.25, 0.3) is 0 Å². The van der Waals surface area contributed by atoms with Crippen molar-refractivity contribution in [2.24, 2.45) is 0 Å². The van der Waals surface area contributed by atoms with Crippen molar-refractivity contribution in [1.82, 2.24) is 0 Å². The first-order valence-corrected chi connectivity index (χ1v) is 13.1. The summed E-state index contributed by atoms with van der Waals surface area (Å²) in [6.07, 6.45) is 8.64. The van der Waals surface area contributed by atoms with Crippen molar-refractivity contribution < 1.29 is 0 Å². The molecule has 0 amide bonds. The Bertz CT molecular complexity index is 591. The molecule has 0 unspecified atom stereocenters. The van der Waals surface area contributed by atoms with Gasteiger partial charge in [-0.05, 0) is 49.3 Å². The smallest absolute Gasteiger partial charge is 0.0274 e. The van der Waals surface area contributed by atoms with Crippen molar-refractivity contribution >= 4 is 70.6 Å². The van der Waals surface area contributed by atoms with Crippen LogP contribution in [-0.4, -0.2) is 25.0 Å². The zero-order valence-corrected chi connectivity index (χ0v) is 17.7. The molecule has 3 rings (SSSR count). The molecule has 1 aliphatic heterocycles. The van der Waals surface area contributed by atoms with Crippen LogP contribution in [-0.2, 0) is 0 Å². The molecule has 0 nitrogen and oxygen atoms in total. The maximum absolute atomic E-state index is 2.35. The van der Waals surface area contributed by atoms with Gasteiger partial charge in [0.2, 0.25) is 0 Å². The maximum atomic E-state index is 2.35. The molecule has 0 fully saturated rings. The van der Waals surface area contributed by atoms with Crippen LogP contribution < -0.4 is 0 Å². The second-order valence-electron chi connectivity index (χ2n) is 4.51. The van der Waals surface area contributed by atoms with Gasteiger partial charge >= 0.3 is 0 Å². The topological polar surface area (TPSA) is 0 Å². The van der Waals surface area contributed by atoms with Crippen LogP contribution in [0.3, 0.4) is 0 Å². The van der Waals surface area contributed by atoms with Crippen LogP contribution in [0.1, 0.15) is 0 Å². The van der Waals surface area contributed by atoms with Gasteiger partial charge < -0.3 is 0 Å². The van der Waals surface area contributed by atoms with Crippen LogP contribution in [0.4, 0.5) is 0 Å². The molecule has 0 spiro atoms. The lowest BCUT2D eigenvalue weighted by Crippen LogP contribution is -1.93.